The van der Waals surface area contributed by atoms with Gasteiger partial charge in [0.2, 0.25) is 0 Å². The quantitative estimate of drug-likeness (QED) is 0.300. The third-order valence-corrected chi connectivity index (χ3v) is 6.15. The summed E-state index contributed by atoms with van der Waals surface area (Å²) in [7, 11) is 5.15. The number of rotatable bonds is 8. The van der Waals surface area contributed by atoms with Gasteiger partial charge in [-0.25, -0.2) is 0 Å². The predicted molar refractivity (Wildman–Crippen MR) is 135 cm³/mol. The highest BCUT2D eigenvalue weighted by atomic mass is 127. The molecule has 2 aromatic rings. The molecule has 1 fully saturated rings. The first-order chi connectivity index (χ1) is 14.2. The smallest absolute Gasteiger partial charge is 0.191 e. The van der Waals surface area contributed by atoms with Crippen molar-refractivity contribution in [2.45, 2.75) is 25.9 Å². The van der Waals surface area contributed by atoms with Crippen molar-refractivity contribution in [1.82, 2.24) is 15.5 Å². The van der Waals surface area contributed by atoms with Gasteiger partial charge in [-0.15, -0.1) is 35.3 Å². The molecule has 1 aliphatic heterocycles. The van der Waals surface area contributed by atoms with Crippen LogP contribution < -0.4 is 20.1 Å². The first kappa shape index (κ1) is 24.7. The second-order valence-corrected chi connectivity index (χ2v) is 8.34. The van der Waals surface area contributed by atoms with Crippen LogP contribution in [0, 0.1) is 5.92 Å². The molecular weight excluding hydrogens is 511 g/mol. The molecule has 1 aliphatic rings. The lowest BCUT2D eigenvalue weighted by molar-refractivity contribution is 0.169. The third-order valence-electron chi connectivity index (χ3n) is 5.28. The van der Waals surface area contributed by atoms with Gasteiger partial charge in [-0.1, -0.05) is 6.07 Å². The van der Waals surface area contributed by atoms with E-state index in [0.29, 0.717) is 12.5 Å². The van der Waals surface area contributed by atoms with Crippen molar-refractivity contribution in [3.05, 3.63) is 46.2 Å². The van der Waals surface area contributed by atoms with Crippen molar-refractivity contribution in [3.63, 3.8) is 0 Å². The molecule has 1 saturated heterocycles. The Kier molecular flexibility index (Phi) is 10.7. The highest BCUT2D eigenvalue weighted by molar-refractivity contribution is 14.0. The molecule has 30 heavy (non-hydrogen) atoms. The third kappa shape index (κ3) is 7.31. The number of benzene rings is 1. The van der Waals surface area contributed by atoms with Crippen LogP contribution in [0.15, 0.2) is 40.7 Å². The molecule has 1 aromatic carbocycles. The SMILES string of the molecule is CN=C(NCc1ccc(OC)cc1OC)NCC1CCCN(Cc2cccs2)C1.I. The number of nitrogens with zero attached hydrogens (tertiary/aromatic N) is 2. The minimum atomic E-state index is 0. The largest absolute Gasteiger partial charge is 0.497 e. The van der Waals surface area contributed by atoms with E-state index in [0.717, 1.165) is 42.7 Å². The molecule has 6 nitrogen and oxygen atoms in total. The Bertz CT molecular complexity index is 785. The summed E-state index contributed by atoms with van der Waals surface area (Å²) in [4.78, 5) is 8.39. The van der Waals surface area contributed by atoms with Crippen molar-refractivity contribution in [3.8, 4) is 11.5 Å². The number of nitrogens with one attached hydrogen (secondary N) is 2. The number of methoxy groups -OCH3 is 2. The molecular formula is C22H33IN4O2S. The molecule has 3 rings (SSSR count). The van der Waals surface area contributed by atoms with Crippen LogP contribution in [0.1, 0.15) is 23.3 Å². The number of hydrogen-bond acceptors (Lipinski definition) is 5. The molecule has 0 amide bonds. The monoisotopic (exact) mass is 544 g/mol. The van der Waals surface area contributed by atoms with Gasteiger partial charge in [0.25, 0.3) is 0 Å². The standard InChI is InChI=1S/C22H32N4O2S.HI/c1-23-22(25-14-18-8-9-19(27-2)12-21(18)28-3)24-13-17-6-4-10-26(15-17)16-20-7-5-11-29-20;/h5,7-9,11-12,17H,4,6,10,13-16H2,1-3H3,(H2,23,24,25);1H. The fourth-order valence-electron chi connectivity index (χ4n) is 3.72. The molecule has 0 saturated carbocycles. The van der Waals surface area contributed by atoms with E-state index >= 15 is 0 Å². The van der Waals surface area contributed by atoms with Crippen LogP contribution in [0.25, 0.3) is 0 Å². The summed E-state index contributed by atoms with van der Waals surface area (Å²) in [6, 6.07) is 10.2. The fourth-order valence-corrected chi connectivity index (χ4v) is 4.47. The second kappa shape index (κ2) is 13.0. The number of guanidine groups is 1. The van der Waals surface area contributed by atoms with E-state index in [2.05, 4.69) is 38.0 Å². The van der Waals surface area contributed by atoms with Crippen LogP contribution in [-0.2, 0) is 13.1 Å². The first-order valence-corrected chi connectivity index (χ1v) is 11.0. The van der Waals surface area contributed by atoms with E-state index < -0.39 is 0 Å². The molecule has 2 N–H and O–H groups in total. The lowest BCUT2D eigenvalue weighted by Gasteiger charge is -2.32. The number of thiophene rings is 1. The Hall–Kier alpha value is -1.52. The van der Waals surface area contributed by atoms with E-state index in [-0.39, 0.29) is 24.0 Å². The number of likely N-dealkylation sites (tertiary alicyclic amines) is 1. The highest BCUT2D eigenvalue weighted by Crippen LogP contribution is 2.24. The first-order valence-electron chi connectivity index (χ1n) is 10.1. The zero-order valence-corrected chi connectivity index (χ0v) is 21.2. The Labute approximate surface area is 201 Å². The highest BCUT2D eigenvalue weighted by Gasteiger charge is 2.20. The van der Waals surface area contributed by atoms with E-state index in [1.54, 1.807) is 14.2 Å². The minimum absolute atomic E-state index is 0. The molecule has 1 unspecified atom stereocenters. The molecule has 0 bridgehead atoms. The Morgan fingerprint density at radius 3 is 2.80 bits per heavy atom. The van der Waals surface area contributed by atoms with Crippen molar-refractivity contribution < 1.29 is 9.47 Å². The fraction of sp³-hybridized carbons (Fsp3) is 0.500. The normalized spacial score (nSPS) is 17.2. The molecule has 2 heterocycles. The van der Waals surface area contributed by atoms with Gasteiger partial charge in [0.05, 0.1) is 14.2 Å². The zero-order valence-electron chi connectivity index (χ0n) is 18.0. The Morgan fingerprint density at radius 1 is 1.23 bits per heavy atom. The topological polar surface area (TPSA) is 58.1 Å². The number of hydrogen-bond donors (Lipinski definition) is 2. The van der Waals surface area contributed by atoms with Gasteiger partial charge in [0, 0.05) is 49.7 Å². The van der Waals surface area contributed by atoms with Gasteiger partial charge in [-0.05, 0) is 48.9 Å². The van der Waals surface area contributed by atoms with Gasteiger partial charge in [0.15, 0.2) is 5.96 Å². The second-order valence-electron chi connectivity index (χ2n) is 7.31. The molecule has 8 heteroatoms. The van der Waals surface area contributed by atoms with Gasteiger partial charge >= 0.3 is 0 Å². The average molecular weight is 545 g/mol. The summed E-state index contributed by atoms with van der Waals surface area (Å²) in [5.41, 5.74) is 1.07. The van der Waals surface area contributed by atoms with E-state index in [9.17, 15) is 0 Å². The summed E-state index contributed by atoms with van der Waals surface area (Å²) in [6.45, 7) is 4.97. The summed E-state index contributed by atoms with van der Waals surface area (Å²) in [5, 5.41) is 9.05. The molecule has 1 aromatic heterocycles. The van der Waals surface area contributed by atoms with Crippen molar-refractivity contribution in [2.24, 2.45) is 10.9 Å². The van der Waals surface area contributed by atoms with Crippen LogP contribution in [0.3, 0.4) is 0 Å². The molecule has 0 spiro atoms. The number of aliphatic imine (C=N–C) groups is 1. The van der Waals surface area contributed by atoms with Gasteiger partial charge in [-0.3, -0.25) is 9.89 Å². The van der Waals surface area contributed by atoms with Crippen LogP contribution in [0.5, 0.6) is 11.5 Å². The van der Waals surface area contributed by atoms with Gasteiger partial charge in [0.1, 0.15) is 11.5 Å². The van der Waals surface area contributed by atoms with Crippen LogP contribution in [0.4, 0.5) is 0 Å². The van der Waals surface area contributed by atoms with Gasteiger partial charge < -0.3 is 20.1 Å². The summed E-state index contributed by atoms with van der Waals surface area (Å²) < 4.78 is 10.7. The van der Waals surface area contributed by atoms with Crippen LogP contribution in [0.2, 0.25) is 0 Å². The van der Waals surface area contributed by atoms with Crippen LogP contribution >= 0.6 is 35.3 Å². The van der Waals surface area contributed by atoms with Crippen molar-refractivity contribution in [1.29, 1.82) is 0 Å². The van der Waals surface area contributed by atoms with E-state index in [1.165, 1.54) is 24.3 Å². The predicted octanol–water partition coefficient (Wildman–Crippen LogP) is 3.96. The summed E-state index contributed by atoms with van der Waals surface area (Å²) >= 11 is 1.84. The summed E-state index contributed by atoms with van der Waals surface area (Å²) in [5.74, 6) is 3.05. The van der Waals surface area contributed by atoms with E-state index in [1.807, 2.05) is 36.6 Å². The molecule has 0 radical (unpaired) electrons. The minimum Gasteiger partial charge on any atom is -0.497 e. The number of piperidine rings is 1. The molecule has 166 valence electrons. The maximum absolute atomic E-state index is 5.48. The average Bonchev–Trinajstić information content (AvgIpc) is 3.27. The van der Waals surface area contributed by atoms with E-state index in [4.69, 9.17) is 9.47 Å². The lowest BCUT2D eigenvalue weighted by Crippen LogP contribution is -2.44. The molecule has 0 aliphatic carbocycles. The van der Waals surface area contributed by atoms with Gasteiger partial charge in [-0.2, -0.15) is 0 Å². The Balaban J connectivity index is 0.00000320. The number of ether oxygens (including phenoxy) is 2. The zero-order chi connectivity index (χ0) is 20.5. The maximum atomic E-state index is 5.48. The number of halogens is 1. The lowest BCUT2D eigenvalue weighted by atomic mass is 9.98. The summed E-state index contributed by atoms with van der Waals surface area (Å²) in [6.07, 6.45) is 2.52. The molecule has 1 atom stereocenters. The van der Waals surface area contributed by atoms with Crippen molar-refractivity contribution in [2.75, 3.05) is 40.9 Å². The Morgan fingerprint density at radius 2 is 2.10 bits per heavy atom. The van der Waals surface area contributed by atoms with Crippen molar-refractivity contribution >= 4 is 41.3 Å². The maximum Gasteiger partial charge on any atom is 0.191 e. The van der Waals surface area contributed by atoms with Crippen LogP contribution in [-0.4, -0.2) is 51.8 Å².